The normalized spacial score (nSPS) is 10.3. The zero-order chi connectivity index (χ0) is 19.3. The van der Waals surface area contributed by atoms with Crippen molar-refractivity contribution in [2.24, 2.45) is 0 Å². The topological polar surface area (TPSA) is 56.3 Å². The maximum absolute atomic E-state index is 6.42. The Balaban J connectivity index is 0.00000240. The third-order valence-electron chi connectivity index (χ3n) is 4.31. The molecule has 0 atom stereocenters. The lowest BCUT2D eigenvalue weighted by molar-refractivity contribution is 0.297. The Bertz CT molecular complexity index is 1120. The number of anilines is 2. The lowest BCUT2D eigenvalue weighted by Crippen LogP contribution is -2.00. The van der Waals surface area contributed by atoms with Crippen molar-refractivity contribution in [3.63, 3.8) is 0 Å². The molecule has 5 nitrogen and oxygen atoms in total. The van der Waals surface area contributed by atoms with Gasteiger partial charge in [-0.2, -0.15) is 0 Å². The maximum atomic E-state index is 6.42. The molecule has 0 aliphatic heterocycles. The van der Waals surface area contributed by atoms with Crippen LogP contribution in [0.1, 0.15) is 5.56 Å². The summed E-state index contributed by atoms with van der Waals surface area (Å²) in [5.41, 5.74) is 2.65. The lowest BCUT2D eigenvalue weighted by atomic mass is 10.2. The number of hydrogen-bond donors (Lipinski definition) is 1. The number of nitrogens with zero attached hydrogens (tertiary/aromatic N) is 2. The Morgan fingerprint density at radius 2 is 1.72 bits per heavy atom. The van der Waals surface area contributed by atoms with Crippen LogP contribution in [0.25, 0.3) is 10.9 Å². The van der Waals surface area contributed by atoms with E-state index in [1.165, 1.54) is 6.33 Å². The van der Waals surface area contributed by atoms with Crippen LogP contribution in [0.3, 0.4) is 0 Å². The van der Waals surface area contributed by atoms with E-state index >= 15 is 0 Å². The fraction of sp³-hybridized carbons (Fsp3) is 0.0909. The van der Waals surface area contributed by atoms with E-state index in [2.05, 4.69) is 15.3 Å². The molecule has 0 radical (unpaired) electrons. The average Bonchev–Trinajstić information content (AvgIpc) is 2.74. The van der Waals surface area contributed by atoms with E-state index in [9.17, 15) is 0 Å². The number of rotatable bonds is 6. The van der Waals surface area contributed by atoms with Gasteiger partial charge in [-0.25, -0.2) is 9.97 Å². The molecule has 4 aromatic rings. The van der Waals surface area contributed by atoms with Crippen molar-refractivity contribution < 1.29 is 9.47 Å². The highest BCUT2D eigenvalue weighted by atomic mass is 35.5. The summed E-state index contributed by atoms with van der Waals surface area (Å²) < 4.78 is 11.2. The Labute approximate surface area is 180 Å². The van der Waals surface area contributed by atoms with Gasteiger partial charge < -0.3 is 14.8 Å². The van der Waals surface area contributed by atoms with Gasteiger partial charge in [-0.15, -0.1) is 12.4 Å². The number of methoxy groups -OCH3 is 1. The fourth-order valence-electron chi connectivity index (χ4n) is 2.91. The van der Waals surface area contributed by atoms with Gasteiger partial charge in [0.2, 0.25) is 0 Å². The predicted molar refractivity (Wildman–Crippen MR) is 119 cm³/mol. The first-order valence-corrected chi connectivity index (χ1v) is 9.13. The highest BCUT2D eigenvalue weighted by molar-refractivity contribution is 6.32. The molecule has 0 aliphatic rings. The van der Waals surface area contributed by atoms with E-state index in [0.29, 0.717) is 17.4 Å². The molecule has 0 bridgehead atoms. The highest BCUT2D eigenvalue weighted by Gasteiger charge is 2.08. The molecule has 148 valence electrons. The summed E-state index contributed by atoms with van der Waals surface area (Å²) in [5, 5.41) is 4.75. The van der Waals surface area contributed by atoms with Gasteiger partial charge in [-0.3, -0.25) is 0 Å². The number of para-hydroxylation sites is 2. The molecule has 0 unspecified atom stereocenters. The Hall–Kier alpha value is -3.02. The quantitative estimate of drug-likeness (QED) is 0.406. The van der Waals surface area contributed by atoms with E-state index in [0.717, 1.165) is 33.7 Å². The third kappa shape index (κ3) is 4.70. The van der Waals surface area contributed by atoms with Crippen molar-refractivity contribution in [3.05, 3.63) is 83.6 Å². The molecule has 0 spiro atoms. The largest absolute Gasteiger partial charge is 0.496 e. The Morgan fingerprint density at radius 1 is 0.931 bits per heavy atom. The predicted octanol–water partition coefficient (Wildman–Crippen LogP) is 6.04. The maximum Gasteiger partial charge on any atom is 0.141 e. The van der Waals surface area contributed by atoms with Gasteiger partial charge in [0.25, 0.3) is 0 Å². The summed E-state index contributed by atoms with van der Waals surface area (Å²) in [5.74, 6) is 2.11. The van der Waals surface area contributed by atoms with Crippen LogP contribution in [0.15, 0.2) is 73.1 Å². The van der Waals surface area contributed by atoms with E-state index in [1.54, 1.807) is 7.11 Å². The number of aromatic nitrogens is 2. The molecule has 1 heterocycles. The second-order valence-corrected chi connectivity index (χ2v) is 6.52. The first kappa shape index (κ1) is 20.7. The van der Waals surface area contributed by atoms with Gasteiger partial charge in [-0.1, -0.05) is 41.9 Å². The van der Waals surface area contributed by atoms with E-state index in [-0.39, 0.29) is 12.4 Å². The smallest absolute Gasteiger partial charge is 0.141 e. The van der Waals surface area contributed by atoms with Gasteiger partial charge in [0.05, 0.1) is 17.6 Å². The fourth-order valence-corrected chi connectivity index (χ4v) is 3.15. The minimum absolute atomic E-state index is 0. The molecule has 0 fully saturated rings. The molecule has 3 aromatic carbocycles. The molecule has 4 rings (SSSR count). The van der Waals surface area contributed by atoms with Gasteiger partial charge in [0.15, 0.2) is 0 Å². The van der Waals surface area contributed by atoms with Crippen LogP contribution < -0.4 is 14.8 Å². The van der Waals surface area contributed by atoms with E-state index in [1.807, 2.05) is 66.7 Å². The molecular weight excluding hydrogens is 409 g/mol. The Morgan fingerprint density at radius 3 is 2.55 bits per heavy atom. The SMILES string of the molecule is COc1ccccc1COc1ccc(Nc2ncnc3ccccc23)cc1Cl.Cl. The monoisotopic (exact) mass is 427 g/mol. The number of hydrogen-bond acceptors (Lipinski definition) is 5. The van der Waals surface area contributed by atoms with Crippen molar-refractivity contribution in [3.8, 4) is 11.5 Å². The van der Waals surface area contributed by atoms with E-state index < -0.39 is 0 Å². The summed E-state index contributed by atoms with van der Waals surface area (Å²) in [6.45, 7) is 0.368. The van der Waals surface area contributed by atoms with Crippen LogP contribution in [0.5, 0.6) is 11.5 Å². The third-order valence-corrected chi connectivity index (χ3v) is 4.61. The van der Waals surface area contributed by atoms with Crippen molar-refractivity contribution in [2.45, 2.75) is 6.61 Å². The van der Waals surface area contributed by atoms with Crippen LogP contribution in [0.4, 0.5) is 11.5 Å². The zero-order valence-electron chi connectivity index (χ0n) is 15.6. The standard InChI is InChI=1S/C22H18ClN3O2.ClH/c1-27-20-9-5-2-6-15(20)13-28-21-11-10-16(12-18(21)23)26-22-17-7-3-4-8-19(17)24-14-25-22;/h2-12,14H,13H2,1H3,(H,24,25,26);1H. The number of benzene rings is 3. The van der Waals surface area contributed by atoms with Crippen molar-refractivity contribution in [2.75, 3.05) is 12.4 Å². The number of halogens is 2. The molecule has 1 aromatic heterocycles. The van der Waals surface area contributed by atoms with Gasteiger partial charge in [0, 0.05) is 16.6 Å². The summed E-state index contributed by atoms with van der Waals surface area (Å²) in [6, 6.07) is 21.1. The van der Waals surface area contributed by atoms with Gasteiger partial charge >= 0.3 is 0 Å². The zero-order valence-corrected chi connectivity index (χ0v) is 17.2. The Kier molecular flexibility index (Phi) is 6.75. The minimum atomic E-state index is 0. The molecule has 0 saturated carbocycles. The molecule has 1 N–H and O–H groups in total. The second kappa shape index (κ2) is 9.45. The first-order valence-electron chi connectivity index (χ1n) is 8.75. The van der Waals surface area contributed by atoms with Gasteiger partial charge in [0.1, 0.15) is 30.3 Å². The summed E-state index contributed by atoms with van der Waals surface area (Å²) in [7, 11) is 1.64. The number of ether oxygens (including phenoxy) is 2. The van der Waals surface area contributed by atoms with Crippen molar-refractivity contribution in [1.29, 1.82) is 0 Å². The summed E-state index contributed by atoms with van der Waals surface area (Å²) in [6.07, 6.45) is 1.54. The molecule has 0 amide bonds. The minimum Gasteiger partial charge on any atom is -0.496 e. The number of nitrogens with one attached hydrogen (secondary N) is 1. The number of fused-ring (bicyclic) bond motifs is 1. The molecular formula is C22H19Cl2N3O2. The summed E-state index contributed by atoms with van der Waals surface area (Å²) >= 11 is 6.42. The summed E-state index contributed by atoms with van der Waals surface area (Å²) in [4.78, 5) is 8.61. The van der Waals surface area contributed by atoms with Crippen LogP contribution >= 0.6 is 24.0 Å². The van der Waals surface area contributed by atoms with E-state index in [4.69, 9.17) is 21.1 Å². The van der Waals surface area contributed by atoms with Crippen molar-refractivity contribution >= 4 is 46.4 Å². The van der Waals surface area contributed by atoms with Crippen LogP contribution in [-0.2, 0) is 6.61 Å². The molecule has 0 saturated heterocycles. The molecule has 7 heteroatoms. The second-order valence-electron chi connectivity index (χ2n) is 6.11. The molecule has 0 aliphatic carbocycles. The van der Waals surface area contributed by atoms with Crippen LogP contribution in [0.2, 0.25) is 5.02 Å². The van der Waals surface area contributed by atoms with Crippen molar-refractivity contribution in [1.82, 2.24) is 9.97 Å². The average molecular weight is 428 g/mol. The van der Waals surface area contributed by atoms with Crippen LogP contribution in [0, 0.1) is 0 Å². The highest BCUT2D eigenvalue weighted by Crippen LogP contribution is 2.31. The first-order chi connectivity index (χ1) is 13.7. The van der Waals surface area contributed by atoms with Gasteiger partial charge in [-0.05, 0) is 36.4 Å². The van der Waals surface area contributed by atoms with Crippen LogP contribution in [-0.4, -0.2) is 17.1 Å². The lowest BCUT2D eigenvalue weighted by Gasteiger charge is -2.13. The molecule has 29 heavy (non-hydrogen) atoms.